The smallest absolute Gasteiger partial charge is 0.312 e. The summed E-state index contributed by atoms with van der Waals surface area (Å²) in [6.45, 7) is 1.42. The maximum atomic E-state index is 13.5. The molecule has 2 rings (SSSR count). The number of ether oxygens (including phenoxy) is 1. The average Bonchev–Trinajstić information content (AvgIpc) is 2.43. The van der Waals surface area contributed by atoms with Crippen LogP contribution in [0.3, 0.4) is 0 Å². The number of hydrogen-bond acceptors (Lipinski definition) is 4. The zero-order valence-electron chi connectivity index (χ0n) is 10.8. The van der Waals surface area contributed by atoms with E-state index in [1.165, 1.54) is 31.2 Å². The van der Waals surface area contributed by atoms with Gasteiger partial charge in [0.2, 0.25) is 5.75 Å². The van der Waals surface area contributed by atoms with Gasteiger partial charge in [-0.05, 0) is 47.1 Å². The fourth-order valence-electron chi connectivity index (χ4n) is 1.63. The number of nitrogens with zero attached hydrogens (tertiary/aromatic N) is 1. The Hall–Kier alpha value is -2.28. The molecule has 0 aliphatic carbocycles. The Morgan fingerprint density at radius 3 is 2.43 bits per heavy atom. The molecule has 2 aromatic rings. The van der Waals surface area contributed by atoms with E-state index in [9.17, 15) is 19.3 Å². The Balaban J connectivity index is 2.36. The lowest BCUT2D eigenvalue weighted by Crippen LogP contribution is -1.96. The van der Waals surface area contributed by atoms with Crippen molar-refractivity contribution in [3.05, 3.63) is 62.4 Å². The summed E-state index contributed by atoms with van der Waals surface area (Å²) in [5.41, 5.74) is 0.123. The normalized spacial score (nSPS) is 10.2. The summed E-state index contributed by atoms with van der Waals surface area (Å²) < 4.78 is 18.8. The molecule has 0 spiro atoms. The summed E-state index contributed by atoms with van der Waals surface area (Å²) in [5.74, 6) is -0.723. The lowest BCUT2D eigenvalue weighted by atomic mass is 10.1. The van der Waals surface area contributed by atoms with Gasteiger partial charge in [-0.1, -0.05) is 0 Å². The Kier molecular flexibility index (Phi) is 4.32. The number of benzene rings is 2. The van der Waals surface area contributed by atoms with E-state index in [1.54, 1.807) is 0 Å². The molecular formula is C14H9BrFNO4. The summed E-state index contributed by atoms with van der Waals surface area (Å²) in [6, 6.07) is 7.99. The number of carbonyl (C=O) groups is 1. The molecular weight excluding hydrogens is 345 g/mol. The molecule has 0 bridgehead atoms. The van der Waals surface area contributed by atoms with E-state index >= 15 is 0 Å². The van der Waals surface area contributed by atoms with E-state index < -0.39 is 10.7 Å². The minimum Gasteiger partial charge on any atom is -0.450 e. The fraction of sp³-hybridized carbons (Fsp3) is 0.0714. The first kappa shape index (κ1) is 15.1. The van der Waals surface area contributed by atoms with E-state index in [-0.39, 0.29) is 27.4 Å². The Morgan fingerprint density at radius 2 is 1.90 bits per heavy atom. The van der Waals surface area contributed by atoms with Gasteiger partial charge in [0, 0.05) is 17.7 Å². The second-order valence-corrected chi connectivity index (χ2v) is 5.03. The first-order valence-electron chi connectivity index (χ1n) is 5.81. The zero-order valence-corrected chi connectivity index (χ0v) is 12.4. The Bertz CT molecular complexity index is 716. The molecule has 21 heavy (non-hydrogen) atoms. The summed E-state index contributed by atoms with van der Waals surface area (Å²) in [7, 11) is 0. The van der Waals surface area contributed by atoms with Crippen molar-refractivity contribution in [2.75, 3.05) is 0 Å². The molecule has 0 saturated heterocycles. The second-order valence-electron chi connectivity index (χ2n) is 4.17. The second kappa shape index (κ2) is 6.01. The molecule has 108 valence electrons. The third kappa shape index (κ3) is 3.43. The molecule has 0 aromatic heterocycles. The van der Waals surface area contributed by atoms with Crippen molar-refractivity contribution in [3.8, 4) is 11.5 Å². The molecule has 0 saturated carbocycles. The largest absolute Gasteiger partial charge is 0.450 e. The van der Waals surface area contributed by atoms with Crippen LogP contribution >= 0.6 is 15.9 Å². The fourth-order valence-corrected chi connectivity index (χ4v) is 1.96. The number of halogens is 2. The van der Waals surface area contributed by atoms with Crippen molar-refractivity contribution >= 4 is 27.4 Å². The number of nitro groups is 1. The van der Waals surface area contributed by atoms with Gasteiger partial charge in [-0.15, -0.1) is 0 Å². The molecule has 7 heteroatoms. The van der Waals surface area contributed by atoms with E-state index in [0.29, 0.717) is 5.56 Å². The van der Waals surface area contributed by atoms with Crippen LogP contribution < -0.4 is 4.74 Å². The van der Waals surface area contributed by atoms with Crippen LogP contribution in [0.15, 0.2) is 40.9 Å². The van der Waals surface area contributed by atoms with Gasteiger partial charge in [-0.2, -0.15) is 0 Å². The predicted octanol–water partition coefficient (Wildman–Crippen LogP) is 4.49. The highest BCUT2D eigenvalue weighted by Gasteiger charge is 2.19. The van der Waals surface area contributed by atoms with Crippen molar-refractivity contribution in [3.63, 3.8) is 0 Å². The zero-order chi connectivity index (χ0) is 15.6. The van der Waals surface area contributed by atoms with Crippen LogP contribution in [0, 0.1) is 15.9 Å². The summed E-state index contributed by atoms with van der Waals surface area (Å²) >= 11 is 2.89. The average molecular weight is 354 g/mol. The summed E-state index contributed by atoms with van der Waals surface area (Å²) in [4.78, 5) is 21.4. The minimum absolute atomic E-state index is 0.0199. The number of carbonyl (C=O) groups excluding carboxylic acids is 1. The maximum absolute atomic E-state index is 13.5. The highest BCUT2D eigenvalue weighted by molar-refractivity contribution is 9.10. The van der Waals surface area contributed by atoms with Gasteiger partial charge in [0.05, 0.1) is 9.40 Å². The molecule has 0 atom stereocenters. The van der Waals surface area contributed by atoms with Gasteiger partial charge in [-0.25, -0.2) is 4.39 Å². The quantitative estimate of drug-likeness (QED) is 0.461. The Morgan fingerprint density at radius 1 is 1.29 bits per heavy atom. The molecule has 0 fully saturated rings. The van der Waals surface area contributed by atoms with Gasteiger partial charge in [0.15, 0.2) is 5.78 Å². The van der Waals surface area contributed by atoms with E-state index in [0.717, 1.165) is 12.1 Å². The maximum Gasteiger partial charge on any atom is 0.312 e. The molecule has 0 unspecified atom stereocenters. The molecule has 0 N–H and O–H groups in total. The van der Waals surface area contributed by atoms with Crippen LogP contribution in [0.25, 0.3) is 0 Å². The highest BCUT2D eigenvalue weighted by Crippen LogP contribution is 2.35. The topological polar surface area (TPSA) is 69.4 Å². The SMILES string of the molecule is CC(=O)c1ccc(Oc2cc(F)c(Br)cc2[N+](=O)[O-])cc1. The van der Waals surface area contributed by atoms with Crippen LogP contribution in [-0.2, 0) is 0 Å². The van der Waals surface area contributed by atoms with Gasteiger partial charge < -0.3 is 4.74 Å². The van der Waals surface area contributed by atoms with Crippen molar-refractivity contribution in [1.29, 1.82) is 0 Å². The lowest BCUT2D eigenvalue weighted by molar-refractivity contribution is -0.385. The lowest BCUT2D eigenvalue weighted by Gasteiger charge is -2.07. The molecule has 0 amide bonds. The summed E-state index contributed by atoms with van der Waals surface area (Å²) in [5, 5.41) is 11.0. The van der Waals surface area contributed by atoms with Crippen LogP contribution in [0.1, 0.15) is 17.3 Å². The molecule has 0 radical (unpaired) electrons. The molecule has 2 aromatic carbocycles. The van der Waals surface area contributed by atoms with E-state index in [1.807, 2.05) is 0 Å². The van der Waals surface area contributed by atoms with Gasteiger partial charge in [-0.3, -0.25) is 14.9 Å². The first-order chi connectivity index (χ1) is 9.88. The van der Waals surface area contributed by atoms with Crippen molar-refractivity contribution < 1.29 is 18.8 Å². The van der Waals surface area contributed by atoms with Gasteiger partial charge >= 0.3 is 5.69 Å². The number of hydrogen-bond donors (Lipinski definition) is 0. The van der Waals surface area contributed by atoms with E-state index in [2.05, 4.69) is 15.9 Å². The number of rotatable bonds is 4. The molecule has 0 aliphatic rings. The Labute approximate surface area is 127 Å². The summed E-state index contributed by atoms with van der Waals surface area (Å²) in [6.07, 6.45) is 0. The van der Waals surface area contributed by atoms with E-state index in [4.69, 9.17) is 4.74 Å². The van der Waals surface area contributed by atoms with Crippen LogP contribution in [0.4, 0.5) is 10.1 Å². The third-order valence-corrected chi connectivity index (χ3v) is 3.29. The van der Waals surface area contributed by atoms with Crippen LogP contribution in [0.5, 0.6) is 11.5 Å². The van der Waals surface area contributed by atoms with Crippen LogP contribution in [0.2, 0.25) is 0 Å². The third-order valence-electron chi connectivity index (χ3n) is 2.69. The monoisotopic (exact) mass is 353 g/mol. The van der Waals surface area contributed by atoms with Gasteiger partial charge in [0.1, 0.15) is 11.6 Å². The minimum atomic E-state index is -0.670. The highest BCUT2D eigenvalue weighted by atomic mass is 79.9. The van der Waals surface area contributed by atoms with Crippen molar-refractivity contribution in [1.82, 2.24) is 0 Å². The number of ketones is 1. The number of nitro benzene ring substituents is 1. The molecule has 0 aliphatic heterocycles. The predicted molar refractivity (Wildman–Crippen MR) is 77.3 cm³/mol. The van der Waals surface area contributed by atoms with Crippen molar-refractivity contribution in [2.45, 2.75) is 6.92 Å². The standard InChI is InChI=1S/C14H9BrFNO4/c1-8(18)9-2-4-10(5-3-9)21-14-7-12(16)11(15)6-13(14)17(19)20/h2-7H,1H3. The number of Topliss-reactive ketones (excluding diaryl/α,β-unsaturated/α-hetero) is 1. The molecule has 0 heterocycles. The van der Waals surface area contributed by atoms with Gasteiger partial charge in [0.25, 0.3) is 0 Å². The molecule has 5 nitrogen and oxygen atoms in total. The first-order valence-corrected chi connectivity index (χ1v) is 6.60. The van der Waals surface area contributed by atoms with Crippen molar-refractivity contribution in [2.24, 2.45) is 0 Å². The van der Waals surface area contributed by atoms with Crippen LogP contribution in [-0.4, -0.2) is 10.7 Å².